The van der Waals surface area contributed by atoms with Gasteiger partial charge < -0.3 is 10.3 Å². The number of anilines is 1. The van der Waals surface area contributed by atoms with Crippen molar-refractivity contribution in [2.24, 2.45) is 0 Å². The van der Waals surface area contributed by atoms with E-state index in [2.05, 4.69) is 21.1 Å². The second kappa shape index (κ2) is 5.50. The lowest BCUT2D eigenvalue weighted by Gasteiger charge is -2.06. The highest BCUT2D eigenvalue weighted by atomic mass is 79.9. The van der Waals surface area contributed by atoms with Gasteiger partial charge in [0.2, 0.25) is 5.88 Å². The molecule has 3 rings (SSSR count). The largest absolute Gasteiger partial charge is 0.367 e. The van der Waals surface area contributed by atoms with E-state index < -0.39 is 5.82 Å². The van der Waals surface area contributed by atoms with Crippen LogP contribution in [0, 0.1) is 5.82 Å². The molecule has 0 aliphatic rings. The topological polar surface area (TPSA) is 52.0 Å². The van der Waals surface area contributed by atoms with E-state index in [-0.39, 0.29) is 16.5 Å². The summed E-state index contributed by atoms with van der Waals surface area (Å²) in [7, 11) is 0. The number of nitrogens with zero attached hydrogens (tertiary/aromatic N) is 1. The van der Waals surface area contributed by atoms with Crippen molar-refractivity contribution in [3.05, 3.63) is 57.8 Å². The lowest BCUT2D eigenvalue weighted by molar-refractivity contribution is 0.439. The van der Waals surface area contributed by atoms with Gasteiger partial charge in [-0.1, -0.05) is 50.9 Å². The number of rotatable bonds is 2. The first-order valence-electron chi connectivity index (χ1n) is 6.03. The van der Waals surface area contributed by atoms with Crippen LogP contribution in [0.15, 0.2) is 51.5 Å². The summed E-state index contributed by atoms with van der Waals surface area (Å²) in [6.07, 6.45) is 0. The number of nitrogen functional groups attached to an aromatic ring is 1. The van der Waals surface area contributed by atoms with Gasteiger partial charge in [-0.05, 0) is 24.3 Å². The van der Waals surface area contributed by atoms with Crippen LogP contribution in [0.25, 0.3) is 22.4 Å². The molecule has 6 heteroatoms. The fourth-order valence-corrected chi connectivity index (χ4v) is 2.61. The number of hydrogen-bond donors (Lipinski definition) is 1. The van der Waals surface area contributed by atoms with Crippen molar-refractivity contribution in [1.29, 1.82) is 0 Å². The number of halogens is 3. The molecule has 0 atom stereocenters. The summed E-state index contributed by atoms with van der Waals surface area (Å²) in [5.41, 5.74) is 7.58. The summed E-state index contributed by atoms with van der Waals surface area (Å²) in [5.74, 6) is -0.448. The molecule has 2 N–H and O–H groups in total. The first-order chi connectivity index (χ1) is 10.1. The molecule has 106 valence electrons. The summed E-state index contributed by atoms with van der Waals surface area (Å²) in [6, 6.07) is 11.8. The van der Waals surface area contributed by atoms with Gasteiger partial charge in [0, 0.05) is 15.6 Å². The molecule has 2 aromatic carbocycles. The second-order valence-corrected chi connectivity index (χ2v) is 5.70. The van der Waals surface area contributed by atoms with Crippen LogP contribution in [0.3, 0.4) is 0 Å². The Morgan fingerprint density at radius 2 is 1.81 bits per heavy atom. The molecule has 1 aromatic heterocycles. The molecule has 0 aliphatic heterocycles. The number of nitrogens with two attached hydrogens (primary N) is 1. The zero-order valence-corrected chi connectivity index (χ0v) is 13.0. The molecule has 0 spiro atoms. The van der Waals surface area contributed by atoms with Gasteiger partial charge in [-0.3, -0.25) is 0 Å². The summed E-state index contributed by atoms with van der Waals surface area (Å²) < 4.78 is 20.1. The maximum atomic E-state index is 14.1. The molecule has 0 amide bonds. The highest BCUT2D eigenvalue weighted by Crippen LogP contribution is 2.41. The smallest absolute Gasteiger partial charge is 0.230 e. The molecular weight excluding hydrogens is 359 g/mol. The first-order valence-corrected chi connectivity index (χ1v) is 7.20. The highest BCUT2D eigenvalue weighted by Gasteiger charge is 2.22. The van der Waals surface area contributed by atoms with Crippen LogP contribution in [-0.2, 0) is 0 Å². The highest BCUT2D eigenvalue weighted by molar-refractivity contribution is 9.10. The fourth-order valence-electron chi connectivity index (χ4n) is 2.09. The average Bonchev–Trinajstić information content (AvgIpc) is 2.82. The monoisotopic (exact) mass is 366 g/mol. The Bertz CT molecular complexity index is 782. The van der Waals surface area contributed by atoms with Crippen molar-refractivity contribution >= 4 is 33.4 Å². The summed E-state index contributed by atoms with van der Waals surface area (Å²) in [5, 5.41) is 4.19. The Morgan fingerprint density at radius 3 is 2.48 bits per heavy atom. The number of aromatic nitrogens is 1. The van der Waals surface area contributed by atoms with E-state index in [4.69, 9.17) is 21.9 Å². The fraction of sp³-hybridized carbons (Fsp3) is 0. The summed E-state index contributed by atoms with van der Waals surface area (Å²) in [6.45, 7) is 0. The molecule has 21 heavy (non-hydrogen) atoms. The van der Waals surface area contributed by atoms with E-state index in [0.29, 0.717) is 11.3 Å². The normalized spacial score (nSPS) is 10.8. The van der Waals surface area contributed by atoms with E-state index in [1.807, 2.05) is 24.3 Å². The van der Waals surface area contributed by atoms with Crippen LogP contribution in [-0.4, -0.2) is 5.16 Å². The molecule has 0 saturated carbocycles. The zero-order valence-electron chi connectivity index (χ0n) is 10.6. The Labute approximate surface area is 133 Å². The van der Waals surface area contributed by atoms with Gasteiger partial charge in [0.1, 0.15) is 11.5 Å². The average molecular weight is 368 g/mol. The molecule has 0 saturated heterocycles. The molecule has 0 radical (unpaired) electrons. The zero-order chi connectivity index (χ0) is 15.0. The molecule has 0 unspecified atom stereocenters. The third-order valence-electron chi connectivity index (χ3n) is 3.05. The van der Waals surface area contributed by atoms with Gasteiger partial charge in [-0.25, -0.2) is 4.39 Å². The minimum Gasteiger partial charge on any atom is -0.367 e. The van der Waals surface area contributed by atoms with Crippen LogP contribution in [0.5, 0.6) is 0 Å². The van der Waals surface area contributed by atoms with Gasteiger partial charge in [0.25, 0.3) is 0 Å². The lowest BCUT2D eigenvalue weighted by Crippen LogP contribution is -1.92. The minimum atomic E-state index is -0.476. The molecule has 3 aromatic rings. The Hall–Kier alpha value is -1.85. The van der Waals surface area contributed by atoms with Crippen LogP contribution in [0.1, 0.15) is 0 Å². The maximum Gasteiger partial charge on any atom is 0.230 e. The summed E-state index contributed by atoms with van der Waals surface area (Å²) in [4.78, 5) is 0. The Kier molecular flexibility index (Phi) is 3.69. The van der Waals surface area contributed by atoms with Gasteiger partial charge in [0.15, 0.2) is 0 Å². The Morgan fingerprint density at radius 1 is 1.10 bits per heavy atom. The molecular formula is C15H9BrClFN2O. The molecule has 0 fully saturated rings. The lowest BCUT2D eigenvalue weighted by atomic mass is 10.0. The van der Waals surface area contributed by atoms with Crippen LogP contribution in [0.2, 0.25) is 5.02 Å². The predicted molar refractivity (Wildman–Crippen MR) is 84.5 cm³/mol. The van der Waals surface area contributed by atoms with Gasteiger partial charge in [-0.15, -0.1) is 0 Å². The maximum absolute atomic E-state index is 14.1. The number of hydrogen-bond acceptors (Lipinski definition) is 3. The van der Waals surface area contributed by atoms with Crippen molar-refractivity contribution in [2.75, 3.05) is 5.73 Å². The predicted octanol–water partition coefficient (Wildman–Crippen LogP) is 5.15. The van der Waals surface area contributed by atoms with Gasteiger partial charge in [-0.2, -0.15) is 0 Å². The van der Waals surface area contributed by atoms with Gasteiger partial charge in [0.05, 0.1) is 10.6 Å². The second-order valence-electron chi connectivity index (χ2n) is 4.37. The minimum absolute atomic E-state index is 0.0277. The van der Waals surface area contributed by atoms with E-state index in [0.717, 1.165) is 10.0 Å². The third-order valence-corrected chi connectivity index (χ3v) is 3.89. The first kappa shape index (κ1) is 14.1. The summed E-state index contributed by atoms with van der Waals surface area (Å²) >= 11 is 9.47. The quantitative estimate of drug-likeness (QED) is 0.682. The van der Waals surface area contributed by atoms with Crippen molar-refractivity contribution in [3.63, 3.8) is 0 Å². The van der Waals surface area contributed by atoms with Crippen LogP contribution < -0.4 is 5.73 Å². The van der Waals surface area contributed by atoms with Crippen molar-refractivity contribution in [3.8, 4) is 22.4 Å². The van der Waals surface area contributed by atoms with Crippen molar-refractivity contribution in [2.45, 2.75) is 0 Å². The number of benzene rings is 2. The van der Waals surface area contributed by atoms with Crippen LogP contribution >= 0.6 is 27.5 Å². The van der Waals surface area contributed by atoms with Crippen LogP contribution in [0.4, 0.5) is 10.3 Å². The van der Waals surface area contributed by atoms with Gasteiger partial charge >= 0.3 is 0 Å². The molecule has 0 bridgehead atoms. The SMILES string of the molecule is Nc1onc(-c2ccc(Br)cc2)c1-c1c(F)cccc1Cl. The standard InChI is InChI=1S/C15H9BrClFN2O/c16-9-6-4-8(5-7-9)14-13(15(19)21-20-14)12-10(17)2-1-3-11(12)18/h1-7H,19H2. The molecule has 1 heterocycles. The van der Waals surface area contributed by atoms with E-state index in [9.17, 15) is 4.39 Å². The molecule has 3 nitrogen and oxygen atoms in total. The Balaban J connectivity index is 2.25. The van der Waals surface area contributed by atoms with E-state index in [1.54, 1.807) is 6.07 Å². The van der Waals surface area contributed by atoms with Crippen molar-refractivity contribution in [1.82, 2.24) is 5.16 Å². The van der Waals surface area contributed by atoms with E-state index >= 15 is 0 Å². The van der Waals surface area contributed by atoms with Crippen molar-refractivity contribution < 1.29 is 8.91 Å². The third kappa shape index (κ3) is 2.54. The molecule has 0 aliphatic carbocycles. The van der Waals surface area contributed by atoms with E-state index in [1.165, 1.54) is 12.1 Å².